The standard InChI is InChI=1S/C32H41F5O3S/c1-27(2)17-39-29(40-18-27)13-11-22-20(15-29)7-10-23-25-12-14-30(38,31(33,34)32(35,36)37)28(25,3)16-24(26(22)23)19-5-8-21(41-4)9-6-19/h5-6,8-9,20,23-25,38H,7,10-18H2,1-4H3/t20?,23?,24-,25?,28+,30+/m1/s1. The van der Waals surface area contributed by atoms with Crippen LogP contribution in [0.2, 0.25) is 0 Å². The van der Waals surface area contributed by atoms with Crippen molar-refractivity contribution >= 4 is 11.8 Å². The van der Waals surface area contributed by atoms with Gasteiger partial charge in [-0.05, 0) is 80.2 Å². The molecule has 1 heterocycles. The van der Waals surface area contributed by atoms with E-state index in [4.69, 9.17) is 9.47 Å². The van der Waals surface area contributed by atoms with Gasteiger partial charge in [-0.15, -0.1) is 11.8 Å². The largest absolute Gasteiger partial charge is 0.456 e. The number of allylic oxidation sites excluding steroid dienone is 2. The number of ether oxygens (including phenoxy) is 2. The Kier molecular flexibility index (Phi) is 7.05. The minimum atomic E-state index is -5.82. The second-order valence-corrected chi connectivity index (χ2v) is 15.1. The zero-order valence-corrected chi connectivity index (χ0v) is 25.1. The van der Waals surface area contributed by atoms with E-state index in [1.54, 1.807) is 11.8 Å². The molecule has 3 unspecified atom stereocenters. The van der Waals surface area contributed by atoms with Crippen LogP contribution in [0.15, 0.2) is 40.3 Å². The van der Waals surface area contributed by atoms with Crippen LogP contribution < -0.4 is 0 Å². The Hall–Kier alpha value is -1.16. The Morgan fingerprint density at radius 1 is 0.902 bits per heavy atom. The van der Waals surface area contributed by atoms with Gasteiger partial charge in [-0.3, -0.25) is 0 Å². The summed E-state index contributed by atoms with van der Waals surface area (Å²) in [6, 6.07) is 7.96. The van der Waals surface area contributed by atoms with E-state index in [0.717, 1.165) is 29.7 Å². The molecule has 1 aromatic carbocycles. The zero-order valence-electron chi connectivity index (χ0n) is 24.3. The molecule has 1 N–H and O–H groups in total. The Bertz CT molecular complexity index is 1200. The maximum Gasteiger partial charge on any atom is 0.456 e. The molecule has 9 heteroatoms. The first-order valence-corrected chi connectivity index (χ1v) is 16.1. The quantitative estimate of drug-likeness (QED) is 0.215. The molecule has 4 aliphatic carbocycles. The summed E-state index contributed by atoms with van der Waals surface area (Å²) in [7, 11) is 0. The Balaban J connectivity index is 1.42. The van der Waals surface area contributed by atoms with E-state index in [0.29, 0.717) is 26.1 Å². The molecule has 0 aromatic heterocycles. The average molecular weight is 601 g/mol. The number of rotatable bonds is 3. The highest BCUT2D eigenvalue weighted by molar-refractivity contribution is 7.98. The van der Waals surface area contributed by atoms with Gasteiger partial charge in [0, 0.05) is 34.5 Å². The van der Waals surface area contributed by atoms with Gasteiger partial charge < -0.3 is 14.6 Å². The summed E-state index contributed by atoms with van der Waals surface area (Å²) in [6.45, 7) is 7.01. The first-order chi connectivity index (χ1) is 19.1. The predicted molar refractivity (Wildman–Crippen MR) is 148 cm³/mol. The van der Waals surface area contributed by atoms with E-state index in [2.05, 4.69) is 13.8 Å². The van der Waals surface area contributed by atoms with Crippen molar-refractivity contribution in [2.24, 2.45) is 28.6 Å². The van der Waals surface area contributed by atoms with Gasteiger partial charge in [0.1, 0.15) is 5.60 Å². The third-order valence-corrected chi connectivity index (χ3v) is 12.1. The molecule has 6 rings (SSSR count). The fraction of sp³-hybridized carbons (Fsp3) is 0.750. The number of hydrogen-bond acceptors (Lipinski definition) is 4. The molecule has 1 spiro atoms. The van der Waals surface area contributed by atoms with Crippen molar-refractivity contribution in [3.8, 4) is 0 Å². The van der Waals surface area contributed by atoms with Crippen molar-refractivity contribution < 1.29 is 36.5 Å². The summed E-state index contributed by atoms with van der Waals surface area (Å²) < 4.78 is 84.5. The third-order valence-electron chi connectivity index (χ3n) is 11.3. The lowest BCUT2D eigenvalue weighted by Gasteiger charge is -2.57. The van der Waals surface area contributed by atoms with E-state index >= 15 is 8.78 Å². The molecule has 41 heavy (non-hydrogen) atoms. The van der Waals surface area contributed by atoms with Crippen molar-refractivity contribution in [1.29, 1.82) is 0 Å². The lowest BCUT2D eigenvalue weighted by molar-refractivity contribution is -0.362. The molecule has 1 aromatic rings. The molecule has 228 valence electrons. The van der Waals surface area contributed by atoms with Gasteiger partial charge >= 0.3 is 12.1 Å². The van der Waals surface area contributed by atoms with Gasteiger partial charge in [0.05, 0.1) is 13.2 Å². The highest BCUT2D eigenvalue weighted by atomic mass is 32.2. The molecule has 1 aliphatic heterocycles. The van der Waals surface area contributed by atoms with Crippen LogP contribution >= 0.6 is 11.8 Å². The smallest absolute Gasteiger partial charge is 0.383 e. The lowest BCUT2D eigenvalue weighted by Crippen LogP contribution is -2.65. The predicted octanol–water partition coefficient (Wildman–Crippen LogP) is 8.52. The second-order valence-electron chi connectivity index (χ2n) is 14.2. The summed E-state index contributed by atoms with van der Waals surface area (Å²) in [5.41, 5.74) is -1.31. The number of halogens is 5. The van der Waals surface area contributed by atoms with Crippen LogP contribution in [-0.2, 0) is 9.47 Å². The monoisotopic (exact) mass is 600 g/mol. The fourth-order valence-electron chi connectivity index (χ4n) is 9.12. The van der Waals surface area contributed by atoms with Crippen LogP contribution in [0.1, 0.15) is 83.6 Å². The van der Waals surface area contributed by atoms with Crippen molar-refractivity contribution in [1.82, 2.24) is 0 Å². The third kappa shape index (κ3) is 4.45. The number of benzene rings is 1. The molecule has 3 saturated carbocycles. The Morgan fingerprint density at radius 2 is 1.56 bits per heavy atom. The molecule has 4 fully saturated rings. The van der Waals surface area contributed by atoms with E-state index in [1.165, 1.54) is 18.1 Å². The van der Waals surface area contributed by atoms with Gasteiger partial charge in [-0.25, -0.2) is 0 Å². The highest BCUT2D eigenvalue weighted by Gasteiger charge is 2.79. The van der Waals surface area contributed by atoms with Crippen molar-refractivity contribution in [3.05, 3.63) is 41.0 Å². The molecule has 0 amide bonds. The molecular weight excluding hydrogens is 559 g/mol. The lowest BCUT2D eigenvalue weighted by atomic mass is 9.49. The number of hydrogen-bond donors (Lipinski definition) is 1. The Morgan fingerprint density at radius 3 is 2.17 bits per heavy atom. The summed E-state index contributed by atoms with van der Waals surface area (Å²) in [5, 5.41) is 11.5. The summed E-state index contributed by atoms with van der Waals surface area (Å²) in [5.74, 6) is -6.48. The fourth-order valence-corrected chi connectivity index (χ4v) is 9.53. The highest BCUT2D eigenvalue weighted by Crippen LogP contribution is 2.71. The number of thioether (sulfide) groups is 1. The van der Waals surface area contributed by atoms with Crippen LogP contribution in [0.3, 0.4) is 0 Å². The number of fused-ring (bicyclic) bond motifs is 4. The zero-order chi connectivity index (χ0) is 29.6. The first-order valence-electron chi connectivity index (χ1n) is 14.9. The van der Waals surface area contributed by atoms with Gasteiger partial charge in [-0.1, -0.05) is 44.1 Å². The van der Waals surface area contributed by atoms with Crippen LogP contribution in [0.4, 0.5) is 22.0 Å². The molecule has 6 atom stereocenters. The normalized spacial score (nSPS) is 38.4. The van der Waals surface area contributed by atoms with Crippen molar-refractivity contribution in [2.45, 2.75) is 106 Å². The van der Waals surface area contributed by atoms with Gasteiger partial charge in [0.2, 0.25) is 0 Å². The molecule has 3 nitrogen and oxygen atoms in total. The van der Waals surface area contributed by atoms with Crippen LogP contribution in [-0.4, -0.2) is 48.1 Å². The average Bonchev–Trinajstić information content (AvgIpc) is 3.21. The van der Waals surface area contributed by atoms with E-state index < -0.39 is 41.2 Å². The maximum atomic E-state index is 15.2. The van der Waals surface area contributed by atoms with Gasteiger partial charge in [0.25, 0.3) is 0 Å². The van der Waals surface area contributed by atoms with E-state index in [9.17, 15) is 18.3 Å². The molecule has 0 bridgehead atoms. The minimum absolute atomic E-state index is 0.0404. The Labute approximate surface area is 243 Å². The minimum Gasteiger partial charge on any atom is -0.383 e. The molecule has 1 saturated heterocycles. The molecular formula is C32H41F5O3S. The van der Waals surface area contributed by atoms with Crippen LogP contribution in [0.25, 0.3) is 0 Å². The maximum absolute atomic E-state index is 15.2. The summed E-state index contributed by atoms with van der Waals surface area (Å²) >= 11 is 1.59. The van der Waals surface area contributed by atoms with Crippen molar-refractivity contribution in [3.63, 3.8) is 0 Å². The molecule has 5 aliphatic rings. The molecule has 0 radical (unpaired) electrons. The van der Waals surface area contributed by atoms with Crippen LogP contribution in [0.5, 0.6) is 0 Å². The van der Waals surface area contributed by atoms with Gasteiger partial charge in [-0.2, -0.15) is 22.0 Å². The van der Waals surface area contributed by atoms with E-state index in [1.807, 2.05) is 30.5 Å². The number of alkyl halides is 5. The summed E-state index contributed by atoms with van der Waals surface area (Å²) in [6.07, 6.45) is -0.437. The second kappa shape index (κ2) is 9.67. The van der Waals surface area contributed by atoms with E-state index in [-0.39, 0.29) is 36.0 Å². The first kappa shape index (κ1) is 29.9. The topological polar surface area (TPSA) is 38.7 Å². The van der Waals surface area contributed by atoms with Crippen molar-refractivity contribution in [2.75, 3.05) is 19.5 Å². The van der Waals surface area contributed by atoms with Crippen LogP contribution in [0, 0.1) is 28.6 Å². The SMILES string of the molecule is CSc1ccc([C@H]2C[C@@]3(C)C(CC[C@@]3(O)C(F)(F)C(F)(F)F)C3CCC4CC5(CCC4=C32)OCC(C)(C)CO5)cc1. The number of aliphatic hydroxyl groups is 1. The van der Waals surface area contributed by atoms with Gasteiger partial charge in [0.15, 0.2) is 5.79 Å². The summed E-state index contributed by atoms with van der Waals surface area (Å²) in [4.78, 5) is 1.06.